The number of hydrazone groups is 1. The van der Waals surface area contributed by atoms with Crippen molar-refractivity contribution in [3.63, 3.8) is 0 Å². The lowest BCUT2D eigenvalue weighted by atomic mass is 10.2. The van der Waals surface area contributed by atoms with Crippen molar-refractivity contribution < 1.29 is 33.7 Å². The second-order valence-electron chi connectivity index (χ2n) is 5.62. The topological polar surface area (TPSA) is 138 Å². The van der Waals surface area contributed by atoms with Crippen molar-refractivity contribution in [2.24, 2.45) is 5.10 Å². The van der Waals surface area contributed by atoms with Gasteiger partial charge in [0.2, 0.25) is 0 Å². The summed E-state index contributed by atoms with van der Waals surface area (Å²) in [6.45, 7) is 0.332. The number of methoxy groups -OCH3 is 1. The molecule has 0 saturated carbocycles. The molecule has 0 radical (unpaired) electrons. The molecular formula is C17H20N3O7-. The van der Waals surface area contributed by atoms with Crippen LogP contribution in [0.25, 0.3) is 0 Å². The highest BCUT2D eigenvalue weighted by atomic mass is 16.5. The van der Waals surface area contributed by atoms with Gasteiger partial charge in [0, 0.05) is 13.2 Å². The van der Waals surface area contributed by atoms with E-state index in [2.05, 4.69) is 15.8 Å². The lowest BCUT2D eigenvalue weighted by Gasteiger charge is -2.11. The molecule has 1 aromatic rings. The summed E-state index contributed by atoms with van der Waals surface area (Å²) in [5.41, 5.74) is 2.65. The molecule has 1 aliphatic rings. The van der Waals surface area contributed by atoms with Gasteiger partial charge in [-0.2, -0.15) is 5.10 Å². The molecule has 10 nitrogen and oxygen atoms in total. The molecule has 1 fully saturated rings. The summed E-state index contributed by atoms with van der Waals surface area (Å²) in [5.74, 6) is -2.56. The van der Waals surface area contributed by atoms with Gasteiger partial charge in [-0.15, -0.1) is 0 Å². The first-order chi connectivity index (χ1) is 13.0. The predicted octanol–water partition coefficient (Wildman–Crippen LogP) is -1.43. The maximum Gasteiger partial charge on any atom is 0.329 e. The Morgan fingerprint density at radius 3 is 2.81 bits per heavy atom. The van der Waals surface area contributed by atoms with E-state index in [1.165, 1.54) is 25.5 Å². The third-order valence-electron chi connectivity index (χ3n) is 3.63. The first-order valence-corrected chi connectivity index (χ1v) is 8.23. The minimum absolute atomic E-state index is 0.0599. The Morgan fingerprint density at radius 2 is 2.15 bits per heavy atom. The third-order valence-corrected chi connectivity index (χ3v) is 3.63. The lowest BCUT2D eigenvalue weighted by molar-refractivity contribution is -0.307. The van der Waals surface area contributed by atoms with Gasteiger partial charge in [-0.05, 0) is 36.6 Å². The monoisotopic (exact) mass is 378 g/mol. The van der Waals surface area contributed by atoms with Crippen LogP contribution in [0.3, 0.4) is 0 Å². The van der Waals surface area contributed by atoms with Gasteiger partial charge in [0.25, 0.3) is 0 Å². The summed E-state index contributed by atoms with van der Waals surface area (Å²) in [6.07, 6.45) is 3.04. The quantitative estimate of drug-likeness (QED) is 0.321. The first-order valence-electron chi connectivity index (χ1n) is 8.23. The predicted molar refractivity (Wildman–Crippen MR) is 91.2 cm³/mol. The van der Waals surface area contributed by atoms with E-state index in [4.69, 9.17) is 14.2 Å². The number of ether oxygens (including phenoxy) is 3. The highest BCUT2D eigenvalue weighted by Crippen LogP contribution is 2.27. The van der Waals surface area contributed by atoms with E-state index in [1.807, 2.05) is 0 Å². The summed E-state index contributed by atoms with van der Waals surface area (Å²) in [7, 11) is 1.39. The number of carboxylic acid groups (broad SMARTS) is 1. The van der Waals surface area contributed by atoms with E-state index in [0.29, 0.717) is 12.2 Å². The van der Waals surface area contributed by atoms with Crippen molar-refractivity contribution in [2.45, 2.75) is 18.9 Å². The molecule has 0 aliphatic carbocycles. The van der Waals surface area contributed by atoms with Crippen LogP contribution in [0.15, 0.2) is 23.3 Å². The Bertz CT molecular complexity index is 714. The molecule has 0 unspecified atom stereocenters. The van der Waals surface area contributed by atoms with Gasteiger partial charge >= 0.3 is 11.8 Å². The van der Waals surface area contributed by atoms with E-state index in [9.17, 15) is 19.5 Å². The molecule has 2 N–H and O–H groups in total. The fourth-order valence-corrected chi connectivity index (χ4v) is 2.33. The van der Waals surface area contributed by atoms with Gasteiger partial charge in [0.05, 0.1) is 25.4 Å². The van der Waals surface area contributed by atoms with Crippen LogP contribution in [0.1, 0.15) is 18.4 Å². The second kappa shape index (κ2) is 10.1. The number of hydrogen-bond acceptors (Lipinski definition) is 8. The van der Waals surface area contributed by atoms with E-state index in [1.54, 1.807) is 6.07 Å². The van der Waals surface area contributed by atoms with E-state index < -0.39 is 24.4 Å². The first kappa shape index (κ1) is 20.2. The van der Waals surface area contributed by atoms with Crippen molar-refractivity contribution in [1.29, 1.82) is 0 Å². The van der Waals surface area contributed by atoms with Gasteiger partial charge in [0.1, 0.15) is 6.61 Å². The molecule has 1 aromatic carbocycles. The van der Waals surface area contributed by atoms with E-state index in [-0.39, 0.29) is 24.1 Å². The molecule has 1 aliphatic heterocycles. The Morgan fingerprint density at radius 1 is 1.33 bits per heavy atom. The van der Waals surface area contributed by atoms with Crippen molar-refractivity contribution in [3.05, 3.63) is 23.8 Å². The van der Waals surface area contributed by atoms with Crippen molar-refractivity contribution in [1.82, 2.24) is 10.7 Å². The largest absolute Gasteiger partial charge is 0.546 e. The average molecular weight is 378 g/mol. The number of carboxylic acids is 1. The molecule has 10 heteroatoms. The second-order valence-corrected chi connectivity index (χ2v) is 5.62. The Balaban J connectivity index is 1.84. The van der Waals surface area contributed by atoms with Crippen molar-refractivity contribution in [2.75, 3.05) is 26.9 Å². The molecule has 146 valence electrons. The number of aliphatic carboxylic acids is 1. The number of amides is 2. The minimum atomic E-state index is -1.36. The highest BCUT2D eigenvalue weighted by molar-refractivity contribution is 6.35. The molecule has 0 spiro atoms. The maximum absolute atomic E-state index is 11.7. The molecule has 2 rings (SSSR count). The van der Waals surface area contributed by atoms with Gasteiger partial charge in [-0.1, -0.05) is 0 Å². The van der Waals surface area contributed by atoms with Crippen LogP contribution in [0, 0.1) is 0 Å². The van der Waals surface area contributed by atoms with E-state index >= 15 is 0 Å². The SMILES string of the molecule is COc1cc(/C=N\NC(=O)C(=O)NC[C@@H]2CCCO2)ccc1OCC(=O)[O-]. The van der Waals surface area contributed by atoms with Crippen LogP contribution in [-0.4, -0.2) is 57.0 Å². The molecule has 1 saturated heterocycles. The zero-order valence-corrected chi connectivity index (χ0v) is 14.7. The molecule has 1 heterocycles. The van der Waals surface area contributed by atoms with Crippen LogP contribution in [-0.2, 0) is 19.1 Å². The summed E-state index contributed by atoms with van der Waals surface area (Å²) >= 11 is 0. The zero-order chi connectivity index (χ0) is 19.6. The van der Waals surface area contributed by atoms with E-state index in [0.717, 1.165) is 12.8 Å². The van der Waals surface area contributed by atoms with Crippen molar-refractivity contribution in [3.8, 4) is 11.5 Å². The van der Waals surface area contributed by atoms with Crippen LogP contribution < -0.4 is 25.3 Å². The number of hydrogen-bond donors (Lipinski definition) is 2. The van der Waals surface area contributed by atoms with Crippen LogP contribution in [0.4, 0.5) is 0 Å². The summed E-state index contributed by atoms with van der Waals surface area (Å²) < 4.78 is 15.5. The molecule has 1 atom stereocenters. The van der Waals surface area contributed by atoms with Gasteiger partial charge < -0.3 is 29.4 Å². The summed E-state index contributed by atoms with van der Waals surface area (Å²) in [6, 6.07) is 4.58. The number of rotatable bonds is 8. The fourth-order valence-electron chi connectivity index (χ4n) is 2.33. The Kier molecular flexibility index (Phi) is 7.56. The molecule has 0 bridgehead atoms. The van der Waals surface area contributed by atoms with Crippen LogP contribution in [0.2, 0.25) is 0 Å². The normalized spacial score (nSPS) is 16.1. The smallest absolute Gasteiger partial charge is 0.329 e. The Hall–Kier alpha value is -3.14. The molecule has 27 heavy (non-hydrogen) atoms. The van der Waals surface area contributed by atoms with Gasteiger partial charge in [-0.25, -0.2) is 5.43 Å². The highest BCUT2D eigenvalue weighted by Gasteiger charge is 2.18. The van der Waals surface area contributed by atoms with Crippen LogP contribution in [0.5, 0.6) is 11.5 Å². The minimum Gasteiger partial charge on any atom is -0.546 e. The third kappa shape index (κ3) is 6.59. The number of nitrogens with one attached hydrogen (secondary N) is 2. The van der Waals surface area contributed by atoms with Gasteiger partial charge in [-0.3, -0.25) is 9.59 Å². The molecular weight excluding hydrogens is 358 g/mol. The number of carbonyl (C=O) groups is 3. The zero-order valence-electron chi connectivity index (χ0n) is 14.7. The number of carbonyl (C=O) groups excluding carboxylic acids is 3. The number of benzene rings is 1. The molecule has 2 amide bonds. The average Bonchev–Trinajstić information content (AvgIpc) is 3.18. The van der Waals surface area contributed by atoms with Gasteiger partial charge in [0.15, 0.2) is 11.5 Å². The standard InChI is InChI=1S/C17H21N3O7/c1-25-14-7-11(4-5-13(14)27-10-15(21)22)8-19-20-17(24)16(23)18-9-12-3-2-6-26-12/h4-5,7-8,12H,2-3,6,9-10H2,1H3,(H,18,23)(H,20,24)(H,21,22)/p-1/b19-8-/t12-/m0/s1. The van der Waals surface area contributed by atoms with Crippen molar-refractivity contribution >= 4 is 24.0 Å². The number of nitrogens with zero attached hydrogens (tertiary/aromatic N) is 1. The van der Waals surface area contributed by atoms with Crippen LogP contribution >= 0.6 is 0 Å². The lowest BCUT2D eigenvalue weighted by Crippen LogP contribution is -2.41. The maximum atomic E-state index is 11.7. The summed E-state index contributed by atoms with van der Waals surface area (Å²) in [4.78, 5) is 33.8. The molecule has 0 aromatic heterocycles. The summed E-state index contributed by atoms with van der Waals surface area (Å²) in [5, 5.41) is 16.6. The Labute approximate surface area is 155 Å². The fraction of sp³-hybridized carbons (Fsp3) is 0.412.